The molecule has 0 radical (unpaired) electrons. The van der Waals surface area contributed by atoms with Crippen molar-refractivity contribution in [2.45, 2.75) is 25.3 Å². The van der Waals surface area contributed by atoms with Crippen LogP contribution in [-0.4, -0.2) is 58.9 Å². The lowest BCUT2D eigenvalue weighted by molar-refractivity contribution is -0.144. The Balaban J connectivity index is 1.75. The third-order valence-electron chi connectivity index (χ3n) is 5.11. The molecule has 2 aliphatic rings. The molecular weight excluding hydrogens is 338 g/mol. The number of likely N-dealkylation sites (N-methyl/N-ethyl adjacent to an activating group) is 1. The Kier molecular flexibility index (Phi) is 4.43. The normalized spacial score (nSPS) is 22.3. The average molecular weight is 359 g/mol. The standard InChI is InChI=1S/C18H21N3O5/c1-11(15(23)24)9-20(2)14(22)10-21-16(25)18(19-17(21)26)8-7-12-5-3-4-6-13(12)18/h3-6,11H,7-10H2,1-2H3,(H,19,26)(H,23,24). The zero-order valence-electron chi connectivity index (χ0n) is 14.7. The molecule has 0 aromatic heterocycles. The average Bonchev–Trinajstić information content (AvgIpc) is 3.08. The van der Waals surface area contributed by atoms with Crippen molar-refractivity contribution >= 4 is 23.8 Å². The molecule has 1 fully saturated rings. The molecule has 2 N–H and O–H groups in total. The summed E-state index contributed by atoms with van der Waals surface area (Å²) in [7, 11) is 1.46. The summed E-state index contributed by atoms with van der Waals surface area (Å²) in [4.78, 5) is 50.8. The lowest BCUT2D eigenvalue weighted by Gasteiger charge is -2.24. The van der Waals surface area contributed by atoms with Crippen LogP contribution in [0.5, 0.6) is 0 Å². The van der Waals surface area contributed by atoms with Crippen LogP contribution in [0.2, 0.25) is 0 Å². The number of imide groups is 1. The quantitative estimate of drug-likeness (QED) is 0.747. The van der Waals surface area contributed by atoms with Gasteiger partial charge in [-0.1, -0.05) is 31.2 Å². The van der Waals surface area contributed by atoms with Gasteiger partial charge in [-0.3, -0.25) is 19.3 Å². The van der Waals surface area contributed by atoms with Gasteiger partial charge < -0.3 is 15.3 Å². The molecule has 1 aliphatic heterocycles. The van der Waals surface area contributed by atoms with Crippen molar-refractivity contribution in [1.29, 1.82) is 0 Å². The highest BCUT2D eigenvalue weighted by Gasteiger charge is 2.55. The van der Waals surface area contributed by atoms with E-state index in [4.69, 9.17) is 5.11 Å². The Morgan fingerprint density at radius 2 is 2.04 bits per heavy atom. The molecule has 1 saturated heterocycles. The number of aliphatic carboxylic acids is 1. The number of carbonyl (C=O) groups excluding carboxylic acids is 3. The Bertz CT molecular complexity index is 793. The highest BCUT2D eigenvalue weighted by atomic mass is 16.4. The molecule has 1 spiro atoms. The summed E-state index contributed by atoms with van der Waals surface area (Å²) < 4.78 is 0. The molecule has 0 bridgehead atoms. The van der Waals surface area contributed by atoms with Gasteiger partial charge in [-0.15, -0.1) is 0 Å². The summed E-state index contributed by atoms with van der Waals surface area (Å²) in [6.07, 6.45) is 1.15. The van der Waals surface area contributed by atoms with Crippen molar-refractivity contribution in [1.82, 2.24) is 15.1 Å². The fraction of sp³-hybridized carbons (Fsp3) is 0.444. The fourth-order valence-corrected chi connectivity index (χ4v) is 3.58. The molecule has 0 saturated carbocycles. The van der Waals surface area contributed by atoms with Gasteiger partial charge in [0.1, 0.15) is 12.1 Å². The second kappa shape index (κ2) is 6.44. The van der Waals surface area contributed by atoms with E-state index in [1.165, 1.54) is 18.9 Å². The van der Waals surface area contributed by atoms with Crippen molar-refractivity contribution in [3.05, 3.63) is 35.4 Å². The fourth-order valence-electron chi connectivity index (χ4n) is 3.58. The van der Waals surface area contributed by atoms with E-state index in [1.54, 1.807) is 0 Å². The number of fused-ring (bicyclic) bond motifs is 2. The van der Waals surface area contributed by atoms with E-state index >= 15 is 0 Å². The van der Waals surface area contributed by atoms with Crippen LogP contribution in [-0.2, 0) is 26.3 Å². The predicted molar refractivity (Wildman–Crippen MR) is 91.1 cm³/mol. The summed E-state index contributed by atoms with van der Waals surface area (Å²) >= 11 is 0. The smallest absolute Gasteiger partial charge is 0.325 e. The third kappa shape index (κ3) is 2.81. The van der Waals surface area contributed by atoms with E-state index in [2.05, 4.69) is 5.32 Å². The van der Waals surface area contributed by atoms with E-state index < -0.39 is 41.8 Å². The minimum absolute atomic E-state index is 0.00575. The van der Waals surface area contributed by atoms with Crippen molar-refractivity contribution < 1.29 is 24.3 Å². The first-order chi connectivity index (χ1) is 12.3. The van der Waals surface area contributed by atoms with Crippen molar-refractivity contribution in [2.75, 3.05) is 20.1 Å². The molecule has 8 heteroatoms. The van der Waals surface area contributed by atoms with Crippen molar-refractivity contribution in [2.24, 2.45) is 5.92 Å². The van der Waals surface area contributed by atoms with Gasteiger partial charge in [0.05, 0.1) is 5.92 Å². The van der Waals surface area contributed by atoms with Gasteiger partial charge in [0.2, 0.25) is 5.91 Å². The molecule has 8 nitrogen and oxygen atoms in total. The summed E-state index contributed by atoms with van der Waals surface area (Å²) in [5.41, 5.74) is 0.698. The van der Waals surface area contributed by atoms with Crippen LogP contribution >= 0.6 is 0 Å². The Morgan fingerprint density at radius 3 is 2.73 bits per heavy atom. The molecule has 4 amide bonds. The third-order valence-corrected chi connectivity index (χ3v) is 5.11. The SMILES string of the molecule is CC(CN(C)C(=O)CN1C(=O)NC2(CCc3ccccc32)C1=O)C(=O)O. The minimum atomic E-state index is -1.10. The topological polar surface area (TPSA) is 107 Å². The Labute approximate surface area is 150 Å². The van der Waals surface area contributed by atoms with Crippen molar-refractivity contribution in [3.8, 4) is 0 Å². The number of carboxylic acids is 1. The summed E-state index contributed by atoms with van der Waals surface area (Å²) in [6.45, 7) is 1.09. The van der Waals surface area contributed by atoms with Crippen molar-refractivity contribution in [3.63, 3.8) is 0 Å². The molecular formula is C18H21N3O5. The van der Waals surface area contributed by atoms with Crippen LogP contribution in [0.1, 0.15) is 24.5 Å². The van der Waals surface area contributed by atoms with Crippen LogP contribution in [0.15, 0.2) is 24.3 Å². The van der Waals surface area contributed by atoms with E-state index in [0.29, 0.717) is 12.8 Å². The molecule has 1 aromatic rings. The van der Waals surface area contributed by atoms with E-state index in [0.717, 1.165) is 16.0 Å². The van der Waals surface area contributed by atoms with E-state index in [1.807, 2.05) is 24.3 Å². The number of urea groups is 1. The maximum absolute atomic E-state index is 13.0. The van der Waals surface area contributed by atoms with Gasteiger partial charge in [-0.2, -0.15) is 0 Å². The number of nitrogens with zero attached hydrogens (tertiary/aromatic N) is 2. The molecule has 1 heterocycles. The number of carboxylic acid groups (broad SMARTS) is 1. The monoisotopic (exact) mass is 359 g/mol. The summed E-state index contributed by atoms with van der Waals surface area (Å²) in [5, 5.41) is 11.7. The van der Waals surface area contributed by atoms with Gasteiger partial charge in [-0.05, 0) is 24.0 Å². The first-order valence-corrected chi connectivity index (χ1v) is 8.45. The van der Waals surface area contributed by atoms with Crippen LogP contribution in [0, 0.1) is 5.92 Å². The van der Waals surface area contributed by atoms with Crippen LogP contribution < -0.4 is 5.32 Å². The molecule has 1 aliphatic carbocycles. The number of hydrogen-bond donors (Lipinski definition) is 2. The highest BCUT2D eigenvalue weighted by Crippen LogP contribution is 2.41. The molecule has 138 valence electrons. The first kappa shape index (κ1) is 17.9. The lowest BCUT2D eigenvalue weighted by Crippen LogP contribution is -2.45. The second-order valence-electron chi connectivity index (χ2n) is 6.90. The van der Waals surface area contributed by atoms with E-state index in [9.17, 15) is 19.2 Å². The Morgan fingerprint density at radius 1 is 1.35 bits per heavy atom. The Hall–Kier alpha value is -2.90. The maximum atomic E-state index is 13.0. The minimum Gasteiger partial charge on any atom is -0.481 e. The number of hydrogen-bond acceptors (Lipinski definition) is 4. The van der Waals surface area contributed by atoms with Gasteiger partial charge in [-0.25, -0.2) is 4.79 Å². The van der Waals surface area contributed by atoms with Crippen LogP contribution in [0.3, 0.4) is 0 Å². The van der Waals surface area contributed by atoms with Gasteiger partial charge >= 0.3 is 12.0 Å². The summed E-state index contributed by atoms with van der Waals surface area (Å²) in [5.74, 6) is -2.66. The summed E-state index contributed by atoms with van der Waals surface area (Å²) in [6, 6.07) is 6.86. The number of nitrogens with one attached hydrogen (secondary N) is 1. The van der Waals surface area contributed by atoms with E-state index in [-0.39, 0.29) is 6.54 Å². The zero-order chi connectivity index (χ0) is 19.1. The van der Waals surface area contributed by atoms with Crippen LogP contribution in [0.4, 0.5) is 4.79 Å². The van der Waals surface area contributed by atoms with Crippen LogP contribution in [0.25, 0.3) is 0 Å². The molecule has 3 rings (SSSR count). The lowest BCUT2D eigenvalue weighted by atomic mass is 9.92. The van der Waals surface area contributed by atoms with Gasteiger partial charge in [0.15, 0.2) is 0 Å². The first-order valence-electron chi connectivity index (χ1n) is 8.45. The zero-order valence-corrected chi connectivity index (χ0v) is 14.7. The number of benzene rings is 1. The molecule has 26 heavy (non-hydrogen) atoms. The number of aryl methyl sites for hydroxylation is 1. The second-order valence-corrected chi connectivity index (χ2v) is 6.90. The largest absolute Gasteiger partial charge is 0.481 e. The maximum Gasteiger partial charge on any atom is 0.325 e. The van der Waals surface area contributed by atoms with Gasteiger partial charge in [0, 0.05) is 13.6 Å². The highest BCUT2D eigenvalue weighted by molar-refractivity contribution is 6.09. The molecule has 1 aromatic carbocycles. The molecule has 2 atom stereocenters. The predicted octanol–water partition coefficient (Wildman–Crippen LogP) is 0.559. The number of carbonyl (C=O) groups is 4. The van der Waals surface area contributed by atoms with Gasteiger partial charge in [0.25, 0.3) is 5.91 Å². The number of rotatable bonds is 5. The molecule has 2 unspecified atom stereocenters. The number of amides is 4.